The van der Waals surface area contributed by atoms with Gasteiger partial charge in [-0.2, -0.15) is 0 Å². The highest BCUT2D eigenvalue weighted by Crippen LogP contribution is 2.23. The summed E-state index contributed by atoms with van der Waals surface area (Å²) in [4.78, 5) is 2.50. The molecule has 2 N–H and O–H groups in total. The van der Waals surface area contributed by atoms with E-state index in [1.54, 1.807) is 7.11 Å². The van der Waals surface area contributed by atoms with Crippen LogP contribution in [0.1, 0.15) is 26.7 Å². The molecule has 0 radical (unpaired) electrons. The van der Waals surface area contributed by atoms with Gasteiger partial charge in [-0.1, -0.05) is 6.92 Å². The Morgan fingerprint density at radius 1 is 1.57 bits per heavy atom. The fourth-order valence-electron chi connectivity index (χ4n) is 2.42. The average molecular weight is 200 g/mol. The molecule has 0 aliphatic carbocycles. The zero-order valence-corrected chi connectivity index (χ0v) is 9.70. The van der Waals surface area contributed by atoms with Gasteiger partial charge in [0.2, 0.25) is 0 Å². The molecule has 0 spiro atoms. The second-order valence-electron chi connectivity index (χ2n) is 4.56. The van der Waals surface area contributed by atoms with E-state index in [9.17, 15) is 0 Å². The summed E-state index contributed by atoms with van der Waals surface area (Å²) >= 11 is 0. The van der Waals surface area contributed by atoms with E-state index in [0.29, 0.717) is 12.1 Å². The number of likely N-dealkylation sites (tertiary alicyclic amines) is 1. The van der Waals surface area contributed by atoms with E-state index >= 15 is 0 Å². The number of piperidine rings is 1. The summed E-state index contributed by atoms with van der Waals surface area (Å²) in [6.45, 7) is 7.31. The summed E-state index contributed by atoms with van der Waals surface area (Å²) in [5, 5.41) is 0. The van der Waals surface area contributed by atoms with Crippen LogP contribution in [0.3, 0.4) is 0 Å². The van der Waals surface area contributed by atoms with Gasteiger partial charge in [0.15, 0.2) is 0 Å². The Kier molecular flexibility index (Phi) is 4.85. The maximum absolute atomic E-state index is 5.81. The maximum Gasteiger partial charge on any atom is 0.0615 e. The third-order valence-electron chi connectivity index (χ3n) is 3.27. The summed E-state index contributed by atoms with van der Waals surface area (Å²) in [6.07, 6.45) is 2.54. The fraction of sp³-hybridized carbons (Fsp3) is 1.00. The largest absolute Gasteiger partial charge is 0.383 e. The number of rotatable bonds is 4. The van der Waals surface area contributed by atoms with E-state index in [4.69, 9.17) is 10.5 Å². The molecule has 1 saturated heterocycles. The average Bonchev–Trinajstić information content (AvgIpc) is 2.17. The maximum atomic E-state index is 5.81. The monoisotopic (exact) mass is 200 g/mol. The second-order valence-corrected chi connectivity index (χ2v) is 4.56. The highest BCUT2D eigenvalue weighted by atomic mass is 16.5. The molecule has 0 aromatic rings. The van der Waals surface area contributed by atoms with Crippen molar-refractivity contribution in [2.24, 2.45) is 11.7 Å². The summed E-state index contributed by atoms with van der Waals surface area (Å²) in [5.74, 6) is 0.828. The molecular weight excluding hydrogens is 176 g/mol. The summed E-state index contributed by atoms with van der Waals surface area (Å²) in [5.41, 5.74) is 5.81. The van der Waals surface area contributed by atoms with Crippen molar-refractivity contribution in [1.29, 1.82) is 0 Å². The van der Waals surface area contributed by atoms with Crippen LogP contribution in [0.15, 0.2) is 0 Å². The predicted octanol–water partition coefficient (Wildman–Crippen LogP) is 1.08. The van der Waals surface area contributed by atoms with E-state index in [-0.39, 0.29) is 0 Å². The molecule has 0 aromatic carbocycles. The van der Waals surface area contributed by atoms with Gasteiger partial charge in [-0.3, -0.25) is 4.90 Å². The van der Waals surface area contributed by atoms with Gasteiger partial charge >= 0.3 is 0 Å². The van der Waals surface area contributed by atoms with Crippen molar-refractivity contribution in [3.8, 4) is 0 Å². The summed E-state index contributed by atoms with van der Waals surface area (Å²) in [7, 11) is 1.76. The first kappa shape index (κ1) is 12.0. The molecule has 84 valence electrons. The van der Waals surface area contributed by atoms with Crippen molar-refractivity contribution in [3.63, 3.8) is 0 Å². The Bertz CT molecular complexity index is 163. The fourth-order valence-corrected chi connectivity index (χ4v) is 2.42. The first-order valence-corrected chi connectivity index (χ1v) is 5.63. The van der Waals surface area contributed by atoms with Crippen LogP contribution in [0.5, 0.6) is 0 Å². The van der Waals surface area contributed by atoms with Crippen LogP contribution in [-0.4, -0.2) is 43.8 Å². The minimum Gasteiger partial charge on any atom is -0.383 e. The summed E-state index contributed by atoms with van der Waals surface area (Å²) in [6, 6.07) is 1.06. The number of nitrogens with two attached hydrogens (primary N) is 1. The first-order valence-electron chi connectivity index (χ1n) is 5.63. The Morgan fingerprint density at radius 3 is 2.86 bits per heavy atom. The predicted molar refractivity (Wildman–Crippen MR) is 59.3 cm³/mol. The van der Waals surface area contributed by atoms with E-state index in [1.165, 1.54) is 19.4 Å². The molecule has 0 bridgehead atoms. The van der Waals surface area contributed by atoms with Crippen molar-refractivity contribution in [1.82, 2.24) is 4.90 Å². The molecule has 0 aromatic heterocycles. The van der Waals surface area contributed by atoms with Crippen molar-refractivity contribution in [3.05, 3.63) is 0 Å². The van der Waals surface area contributed by atoms with Gasteiger partial charge in [0.25, 0.3) is 0 Å². The van der Waals surface area contributed by atoms with Gasteiger partial charge in [0.1, 0.15) is 0 Å². The lowest BCUT2D eigenvalue weighted by atomic mass is 9.91. The van der Waals surface area contributed by atoms with Crippen LogP contribution >= 0.6 is 0 Å². The van der Waals surface area contributed by atoms with Crippen LogP contribution in [0.4, 0.5) is 0 Å². The molecule has 0 amide bonds. The first-order chi connectivity index (χ1) is 6.69. The lowest BCUT2D eigenvalue weighted by Gasteiger charge is -2.41. The Hall–Kier alpha value is -0.120. The molecule has 1 aliphatic heterocycles. The van der Waals surface area contributed by atoms with E-state index in [0.717, 1.165) is 19.1 Å². The van der Waals surface area contributed by atoms with E-state index < -0.39 is 0 Å². The number of hydrogen-bond donors (Lipinski definition) is 1. The Morgan fingerprint density at radius 2 is 2.29 bits per heavy atom. The van der Waals surface area contributed by atoms with E-state index in [1.807, 2.05) is 0 Å². The molecule has 3 unspecified atom stereocenters. The van der Waals surface area contributed by atoms with Gasteiger partial charge in [0, 0.05) is 25.7 Å². The standard InChI is InChI=1S/C11H24N2O/c1-9-4-5-13(10(2)8-14-3)11(6-9)7-12/h9-11H,4-8,12H2,1-3H3. The second kappa shape index (κ2) is 5.69. The van der Waals surface area contributed by atoms with Crippen LogP contribution in [0, 0.1) is 5.92 Å². The topological polar surface area (TPSA) is 38.5 Å². The lowest BCUT2D eigenvalue weighted by molar-refractivity contribution is 0.0385. The van der Waals surface area contributed by atoms with Crippen LogP contribution in [0.2, 0.25) is 0 Å². The third kappa shape index (κ3) is 2.94. The third-order valence-corrected chi connectivity index (χ3v) is 3.27. The molecule has 3 atom stereocenters. The molecule has 3 nitrogen and oxygen atoms in total. The normalized spacial score (nSPS) is 31.7. The number of ether oxygens (including phenoxy) is 1. The van der Waals surface area contributed by atoms with Crippen molar-refractivity contribution in [2.45, 2.75) is 38.8 Å². The highest BCUT2D eigenvalue weighted by Gasteiger charge is 2.28. The minimum atomic E-state index is 0.501. The van der Waals surface area contributed by atoms with Crippen LogP contribution < -0.4 is 5.73 Å². The van der Waals surface area contributed by atoms with Gasteiger partial charge in [-0.25, -0.2) is 0 Å². The van der Waals surface area contributed by atoms with Crippen LogP contribution in [0.25, 0.3) is 0 Å². The zero-order chi connectivity index (χ0) is 10.6. The van der Waals surface area contributed by atoms with Crippen LogP contribution in [-0.2, 0) is 4.74 Å². The molecule has 1 heterocycles. The van der Waals surface area contributed by atoms with Gasteiger partial charge in [-0.05, 0) is 32.2 Å². The molecule has 1 fully saturated rings. The molecule has 1 rings (SSSR count). The lowest BCUT2D eigenvalue weighted by Crippen LogP contribution is -2.51. The molecule has 1 aliphatic rings. The quantitative estimate of drug-likeness (QED) is 0.738. The zero-order valence-electron chi connectivity index (χ0n) is 9.70. The number of hydrogen-bond acceptors (Lipinski definition) is 3. The Balaban J connectivity index is 2.49. The molecule has 3 heteroatoms. The van der Waals surface area contributed by atoms with Crippen molar-refractivity contribution < 1.29 is 4.74 Å². The molecule has 0 saturated carbocycles. The van der Waals surface area contributed by atoms with Gasteiger partial charge < -0.3 is 10.5 Å². The molecule has 14 heavy (non-hydrogen) atoms. The van der Waals surface area contributed by atoms with Gasteiger partial charge in [0.05, 0.1) is 6.61 Å². The minimum absolute atomic E-state index is 0.501. The van der Waals surface area contributed by atoms with E-state index in [2.05, 4.69) is 18.7 Å². The molecular formula is C11H24N2O. The van der Waals surface area contributed by atoms with Gasteiger partial charge in [-0.15, -0.1) is 0 Å². The Labute approximate surface area is 87.6 Å². The van der Waals surface area contributed by atoms with Crippen molar-refractivity contribution >= 4 is 0 Å². The summed E-state index contributed by atoms with van der Waals surface area (Å²) < 4.78 is 5.19. The SMILES string of the molecule is COCC(C)N1CCC(C)CC1CN. The number of methoxy groups -OCH3 is 1. The highest BCUT2D eigenvalue weighted by molar-refractivity contribution is 4.83. The number of nitrogens with zero attached hydrogens (tertiary/aromatic N) is 1. The van der Waals surface area contributed by atoms with Crippen molar-refractivity contribution in [2.75, 3.05) is 26.8 Å². The smallest absolute Gasteiger partial charge is 0.0615 e.